The number of aliphatic carboxylic acids is 1. The summed E-state index contributed by atoms with van der Waals surface area (Å²) in [7, 11) is 1.86. The van der Waals surface area contributed by atoms with Crippen LogP contribution in [-0.4, -0.2) is 41.4 Å². The molecule has 0 atom stereocenters. The zero-order valence-electron chi connectivity index (χ0n) is 11.7. The molecule has 0 saturated carbocycles. The van der Waals surface area contributed by atoms with E-state index in [2.05, 4.69) is 15.3 Å². The lowest BCUT2D eigenvalue weighted by atomic mass is 10.3. The van der Waals surface area contributed by atoms with Crippen LogP contribution in [0.5, 0.6) is 0 Å². The summed E-state index contributed by atoms with van der Waals surface area (Å²) in [6, 6.07) is 0. The molecule has 0 radical (unpaired) electrons. The van der Waals surface area contributed by atoms with Gasteiger partial charge < -0.3 is 5.11 Å². The largest absolute Gasteiger partial charge is 0.481 e. The minimum absolute atomic E-state index is 0.0381. The van der Waals surface area contributed by atoms with Gasteiger partial charge in [-0.2, -0.15) is 5.10 Å². The highest BCUT2D eigenvalue weighted by atomic mass is 32.2. The van der Waals surface area contributed by atoms with Crippen LogP contribution in [0.1, 0.15) is 25.4 Å². The van der Waals surface area contributed by atoms with Crippen LogP contribution < -0.4 is 0 Å². The topological polar surface area (TPSA) is 85.8 Å². The van der Waals surface area contributed by atoms with Crippen LogP contribution >= 0.6 is 11.8 Å². The van der Waals surface area contributed by atoms with E-state index in [4.69, 9.17) is 5.11 Å². The summed E-state index contributed by atoms with van der Waals surface area (Å²) in [5.74, 6) is -0.103. The standard InChI is InChI=1S/C12H17N5O2S/c1-4-8-9(6-16(3)15-8)17-10(5-2)13-14-12(17)20-7-11(18)19/h6H,4-5,7H2,1-3H3,(H,18,19). The smallest absolute Gasteiger partial charge is 0.313 e. The Hall–Kier alpha value is -1.83. The third kappa shape index (κ3) is 2.84. The normalized spacial score (nSPS) is 10.9. The highest BCUT2D eigenvalue weighted by Gasteiger charge is 2.18. The SMILES string of the molecule is CCc1nn(C)cc1-n1c(CC)nnc1SCC(=O)O. The van der Waals surface area contributed by atoms with Crippen molar-refractivity contribution in [2.75, 3.05) is 5.75 Å². The van der Waals surface area contributed by atoms with E-state index in [1.54, 1.807) is 4.68 Å². The molecule has 0 unspecified atom stereocenters. The number of aromatic nitrogens is 5. The lowest BCUT2D eigenvalue weighted by molar-refractivity contribution is -0.133. The van der Waals surface area contributed by atoms with Gasteiger partial charge in [0.25, 0.3) is 0 Å². The Morgan fingerprint density at radius 3 is 2.70 bits per heavy atom. The van der Waals surface area contributed by atoms with Crippen molar-refractivity contribution >= 4 is 17.7 Å². The zero-order valence-corrected chi connectivity index (χ0v) is 12.5. The van der Waals surface area contributed by atoms with Gasteiger partial charge in [0.05, 0.1) is 17.1 Å². The fourth-order valence-electron chi connectivity index (χ4n) is 1.95. The Labute approximate surface area is 121 Å². The summed E-state index contributed by atoms with van der Waals surface area (Å²) in [6.45, 7) is 4.03. The monoisotopic (exact) mass is 295 g/mol. The molecule has 0 aliphatic carbocycles. The van der Waals surface area contributed by atoms with Gasteiger partial charge in [-0.25, -0.2) is 0 Å². The molecule has 1 N–H and O–H groups in total. The summed E-state index contributed by atoms with van der Waals surface area (Å²) in [4.78, 5) is 10.7. The van der Waals surface area contributed by atoms with Crippen molar-refractivity contribution in [1.82, 2.24) is 24.5 Å². The van der Waals surface area contributed by atoms with E-state index in [9.17, 15) is 4.79 Å². The second-order valence-electron chi connectivity index (χ2n) is 4.26. The molecule has 0 fully saturated rings. The van der Waals surface area contributed by atoms with E-state index in [0.717, 1.165) is 30.0 Å². The molecule has 0 aliphatic rings. The molecule has 2 heterocycles. The summed E-state index contributed by atoms with van der Waals surface area (Å²) in [6.07, 6.45) is 3.42. The summed E-state index contributed by atoms with van der Waals surface area (Å²) >= 11 is 1.17. The average molecular weight is 295 g/mol. The first-order valence-electron chi connectivity index (χ1n) is 6.38. The Morgan fingerprint density at radius 2 is 2.10 bits per heavy atom. The highest BCUT2D eigenvalue weighted by molar-refractivity contribution is 7.99. The molecule has 0 amide bonds. The number of carbonyl (C=O) groups is 1. The Bertz CT molecular complexity index is 619. The highest BCUT2D eigenvalue weighted by Crippen LogP contribution is 2.24. The molecular weight excluding hydrogens is 278 g/mol. The van der Waals surface area contributed by atoms with Crippen LogP contribution in [0.2, 0.25) is 0 Å². The second kappa shape index (κ2) is 6.08. The maximum Gasteiger partial charge on any atom is 0.313 e. The molecule has 7 nitrogen and oxygen atoms in total. The predicted octanol–water partition coefficient (Wildman–Crippen LogP) is 1.30. The third-order valence-electron chi connectivity index (χ3n) is 2.80. The van der Waals surface area contributed by atoms with Gasteiger partial charge in [-0.05, 0) is 6.42 Å². The van der Waals surface area contributed by atoms with Crippen LogP contribution in [0.25, 0.3) is 5.69 Å². The van der Waals surface area contributed by atoms with Gasteiger partial charge in [-0.3, -0.25) is 14.0 Å². The number of nitrogens with zero attached hydrogens (tertiary/aromatic N) is 5. The van der Waals surface area contributed by atoms with Crippen LogP contribution in [0, 0.1) is 0 Å². The Morgan fingerprint density at radius 1 is 1.35 bits per heavy atom. The van der Waals surface area contributed by atoms with E-state index in [0.29, 0.717) is 5.16 Å². The number of hydrogen-bond acceptors (Lipinski definition) is 5. The first kappa shape index (κ1) is 14.6. The van der Waals surface area contributed by atoms with Crippen molar-refractivity contribution in [2.24, 2.45) is 7.05 Å². The molecule has 20 heavy (non-hydrogen) atoms. The molecular formula is C12H17N5O2S. The molecule has 2 aromatic rings. The minimum Gasteiger partial charge on any atom is -0.481 e. The van der Waals surface area contributed by atoms with Gasteiger partial charge in [0.15, 0.2) is 5.16 Å². The fraction of sp³-hybridized carbons (Fsp3) is 0.500. The van der Waals surface area contributed by atoms with Crippen LogP contribution in [0.15, 0.2) is 11.4 Å². The first-order chi connectivity index (χ1) is 9.56. The number of carboxylic acid groups (broad SMARTS) is 1. The molecule has 108 valence electrons. The lowest BCUT2D eigenvalue weighted by Crippen LogP contribution is -2.05. The van der Waals surface area contributed by atoms with Crippen molar-refractivity contribution in [1.29, 1.82) is 0 Å². The fourth-order valence-corrected chi connectivity index (χ4v) is 2.64. The number of rotatable bonds is 6. The molecule has 0 aliphatic heterocycles. The lowest BCUT2D eigenvalue weighted by Gasteiger charge is -2.07. The third-order valence-corrected chi connectivity index (χ3v) is 3.71. The van der Waals surface area contributed by atoms with Gasteiger partial charge >= 0.3 is 5.97 Å². The van der Waals surface area contributed by atoms with Gasteiger partial charge in [-0.15, -0.1) is 10.2 Å². The van der Waals surface area contributed by atoms with Crippen LogP contribution in [-0.2, 0) is 24.7 Å². The number of hydrogen-bond donors (Lipinski definition) is 1. The quantitative estimate of drug-likeness (QED) is 0.809. The van der Waals surface area contributed by atoms with Gasteiger partial charge in [-0.1, -0.05) is 25.6 Å². The van der Waals surface area contributed by atoms with Gasteiger partial charge in [0.1, 0.15) is 5.82 Å². The van der Waals surface area contributed by atoms with Crippen molar-refractivity contribution < 1.29 is 9.90 Å². The molecule has 2 aromatic heterocycles. The van der Waals surface area contributed by atoms with Gasteiger partial charge in [0, 0.05) is 19.7 Å². The molecule has 0 aromatic carbocycles. The molecule has 8 heteroatoms. The first-order valence-corrected chi connectivity index (χ1v) is 7.37. The maximum atomic E-state index is 10.7. The number of aryl methyl sites for hydroxylation is 3. The average Bonchev–Trinajstić information content (AvgIpc) is 2.98. The molecule has 2 rings (SSSR count). The van der Waals surface area contributed by atoms with Crippen molar-refractivity contribution in [3.05, 3.63) is 17.7 Å². The zero-order chi connectivity index (χ0) is 14.7. The van der Waals surface area contributed by atoms with Crippen LogP contribution in [0.3, 0.4) is 0 Å². The predicted molar refractivity (Wildman–Crippen MR) is 75.2 cm³/mol. The Kier molecular flexibility index (Phi) is 4.43. The molecule has 0 saturated heterocycles. The summed E-state index contributed by atoms with van der Waals surface area (Å²) in [5.41, 5.74) is 1.86. The van der Waals surface area contributed by atoms with E-state index >= 15 is 0 Å². The van der Waals surface area contributed by atoms with Crippen molar-refractivity contribution in [3.63, 3.8) is 0 Å². The second-order valence-corrected chi connectivity index (χ2v) is 5.20. The van der Waals surface area contributed by atoms with E-state index < -0.39 is 5.97 Å². The summed E-state index contributed by atoms with van der Waals surface area (Å²) in [5, 5.41) is 22.0. The van der Waals surface area contributed by atoms with Crippen LogP contribution in [0.4, 0.5) is 0 Å². The Balaban J connectivity index is 2.47. The number of carboxylic acids is 1. The van der Waals surface area contributed by atoms with Crippen molar-refractivity contribution in [3.8, 4) is 5.69 Å². The van der Waals surface area contributed by atoms with E-state index in [1.165, 1.54) is 11.8 Å². The van der Waals surface area contributed by atoms with Gasteiger partial charge in [0.2, 0.25) is 0 Å². The molecule has 0 bridgehead atoms. The van der Waals surface area contributed by atoms with E-state index in [-0.39, 0.29) is 5.75 Å². The molecule has 0 spiro atoms. The summed E-state index contributed by atoms with van der Waals surface area (Å²) < 4.78 is 3.65. The van der Waals surface area contributed by atoms with Crippen molar-refractivity contribution in [2.45, 2.75) is 31.8 Å². The maximum absolute atomic E-state index is 10.7. The number of thioether (sulfide) groups is 1. The van der Waals surface area contributed by atoms with E-state index in [1.807, 2.05) is 31.7 Å². The minimum atomic E-state index is -0.871.